The van der Waals surface area contributed by atoms with Gasteiger partial charge in [-0.25, -0.2) is 4.98 Å². The molecule has 1 heterocycles. The molecule has 0 aliphatic rings. The minimum absolute atomic E-state index is 0.144. The molecule has 1 rings (SSSR count). The van der Waals surface area contributed by atoms with Crippen molar-refractivity contribution in [2.24, 2.45) is 0 Å². The fourth-order valence-corrected chi connectivity index (χ4v) is 0.397. The van der Waals surface area contributed by atoms with Crippen molar-refractivity contribution < 1.29 is 9.21 Å². The van der Waals surface area contributed by atoms with Crippen LogP contribution in [0.3, 0.4) is 0 Å². The molecule has 1 aromatic rings. The van der Waals surface area contributed by atoms with Gasteiger partial charge in [0.05, 0.1) is 6.20 Å². The van der Waals surface area contributed by atoms with Crippen LogP contribution in [0.2, 0.25) is 0 Å². The highest BCUT2D eigenvalue weighted by atomic mass is 16.3. The average Bonchev–Trinajstić information content (AvgIpc) is 2.42. The first kappa shape index (κ1) is 8.88. The number of carbonyl (C=O) groups is 1. The van der Waals surface area contributed by atoms with Crippen molar-refractivity contribution in [2.75, 3.05) is 0 Å². The molecule has 0 atom stereocenters. The van der Waals surface area contributed by atoms with Crippen molar-refractivity contribution in [2.45, 2.75) is 20.8 Å². The maximum atomic E-state index is 10.4. The normalized spacial score (nSPS) is 7.90. The van der Waals surface area contributed by atoms with Gasteiger partial charge in [-0.15, -0.1) is 0 Å². The van der Waals surface area contributed by atoms with E-state index in [9.17, 15) is 4.79 Å². The molecule has 3 nitrogen and oxygen atoms in total. The highest BCUT2D eigenvalue weighted by molar-refractivity contribution is 5.89. The minimum Gasteiger partial charge on any atom is -0.442 e. The summed E-state index contributed by atoms with van der Waals surface area (Å²) in [6.07, 6.45) is 2.81. The molecule has 0 spiro atoms. The Morgan fingerprint density at radius 3 is 2.40 bits per heavy atom. The summed E-state index contributed by atoms with van der Waals surface area (Å²) in [5, 5.41) is 0. The first-order valence-corrected chi connectivity index (χ1v) is 3.21. The number of Topliss-reactive ketones (excluding diaryl/α,β-unsaturated/α-hetero) is 1. The van der Waals surface area contributed by atoms with Gasteiger partial charge in [0, 0.05) is 6.92 Å². The Morgan fingerprint density at radius 1 is 1.60 bits per heavy atom. The van der Waals surface area contributed by atoms with Crippen LogP contribution in [0.15, 0.2) is 16.9 Å². The predicted molar refractivity (Wildman–Crippen MR) is 37.9 cm³/mol. The molecule has 0 saturated heterocycles. The standard InChI is InChI=1S/C5H5NO2.C2H6/c1-4(7)5-6-2-3-8-5;1-2/h2-3H,1H3;1-2H3. The van der Waals surface area contributed by atoms with E-state index in [2.05, 4.69) is 9.40 Å². The van der Waals surface area contributed by atoms with Gasteiger partial charge in [-0.1, -0.05) is 13.8 Å². The number of carbonyl (C=O) groups excluding carboxylic acids is 1. The molecule has 10 heavy (non-hydrogen) atoms. The van der Waals surface area contributed by atoms with Crippen molar-refractivity contribution in [3.63, 3.8) is 0 Å². The summed E-state index contributed by atoms with van der Waals surface area (Å²) in [5.41, 5.74) is 0. The summed E-state index contributed by atoms with van der Waals surface area (Å²) < 4.78 is 4.63. The number of oxazole rings is 1. The molecule has 0 radical (unpaired) electrons. The first-order valence-electron chi connectivity index (χ1n) is 3.21. The summed E-state index contributed by atoms with van der Waals surface area (Å²) in [6, 6.07) is 0. The lowest BCUT2D eigenvalue weighted by molar-refractivity contribution is 0.0981. The van der Waals surface area contributed by atoms with Gasteiger partial charge in [0.15, 0.2) is 0 Å². The lowest BCUT2D eigenvalue weighted by atomic mass is 10.5. The van der Waals surface area contributed by atoms with Gasteiger partial charge in [0.25, 0.3) is 5.89 Å². The number of rotatable bonds is 1. The van der Waals surface area contributed by atoms with Crippen LogP contribution in [0, 0.1) is 0 Å². The number of ketones is 1. The monoisotopic (exact) mass is 141 g/mol. The number of nitrogens with zero attached hydrogens (tertiary/aromatic N) is 1. The van der Waals surface area contributed by atoms with Crippen LogP contribution in [0.5, 0.6) is 0 Å². The van der Waals surface area contributed by atoms with Gasteiger partial charge in [-0.2, -0.15) is 0 Å². The highest BCUT2D eigenvalue weighted by Crippen LogP contribution is 1.93. The van der Waals surface area contributed by atoms with E-state index >= 15 is 0 Å². The molecular formula is C7H11NO2. The van der Waals surface area contributed by atoms with Gasteiger partial charge in [-0.3, -0.25) is 4.79 Å². The van der Waals surface area contributed by atoms with Crippen LogP contribution >= 0.6 is 0 Å². The number of hydrogen-bond acceptors (Lipinski definition) is 3. The molecular weight excluding hydrogens is 130 g/mol. The molecule has 1 aromatic heterocycles. The topological polar surface area (TPSA) is 43.1 Å². The Morgan fingerprint density at radius 2 is 2.20 bits per heavy atom. The van der Waals surface area contributed by atoms with E-state index in [4.69, 9.17) is 0 Å². The molecule has 56 valence electrons. The van der Waals surface area contributed by atoms with E-state index < -0.39 is 0 Å². The zero-order chi connectivity index (χ0) is 7.98. The van der Waals surface area contributed by atoms with E-state index in [0.29, 0.717) is 0 Å². The summed E-state index contributed by atoms with van der Waals surface area (Å²) in [6.45, 7) is 5.41. The van der Waals surface area contributed by atoms with E-state index in [1.54, 1.807) is 0 Å². The Hall–Kier alpha value is -1.12. The van der Waals surface area contributed by atoms with Gasteiger partial charge < -0.3 is 4.42 Å². The summed E-state index contributed by atoms with van der Waals surface area (Å²) in [5.74, 6) is 0.0278. The van der Waals surface area contributed by atoms with Crippen LogP contribution in [-0.4, -0.2) is 10.8 Å². The van der Waals surface area contributed by atoms with Crippen LogP contribution < -0.4 is 0 Å². The third kappa shape index (κ3) is 2.44. The molecule has 0 unspecified atom stereocenters. The lowest BCUT2D eigenvalue weighted by Gasteiger charge is -1.78. The molecule has 0 aliphatic heterocycles. The fourth-order valence-electron chi connectivity index (χ4n) is 0.397. The summed E-state index contributed by atoms with van der Waals surface area (Å²) >= 11 is 0. The second-order valence-electron chi connectivity index (χ2n) is 1.39. The highest BCUT2D eigenvalue weighted by Gasteiger charge is 2.00. The second kappa shape index (κ2) is 4.73. The van der Waals surface area contributed by atoms with Gasteiger partial charge in [0.2, 0.25) is 5.78 Å². The van der Waals surface area contributed by atoms with Crippen LogP contribution in [0.25, 0.3) is 0 Å². The molecule has 0 aliphatic carbocycles. The van der Waals surface area contributed by atoms with Crippen LogP contribution in [0.4, 0.5) is 0 Å². The summed E-state index contributed by atoms with van der Waals surface area (Å²) in [7, 11) is 0. The van der Waals surface area contributed by atoms with Crippen molar-refractivity contribution >= 4 is 5.78 Å². The molecule has 0 saturated carbocycles. The van der Waals surface area contributed by atoms with Crippen LogP contribution in [0.1, 0.15) is 31.5 Å². The van der Waals surface area contributed by atoms with E-state index in [1.807, 2.05) is 13.8 Å². The zero-order valence-corrected chi connectivity index (χ0v) is 6.42. The molecule has 0 bridgehead atoms. The first-order chi connectivity index (χ1) is 4.80. The molecule has 0 aromatic carbocycles. The van der Waals surface area contributed by atoms with Crippen molar-refractivity contribution in [3.8, 4) is 0 Å². The quantitative estimate of drug-likeness (QED) is 0.561. The van der Waals surface area contributed by atoms with Gasteiger partial charge in [0.1, 0.15) is 6.26 Å². The van der Waals surface area contributed by atoms with Crippen molar-refractivity contribution in [3.05, 3.63) is 18.4 Å². The molecule has 0 amide bonds. The SMILES string of the molecule is CC.CC(=O)c1ncco1. The molecule has 3 heteroatoms. The van der Waals surface area contributed by atoms with Crippen LogP contribution in [-0.2, 0) is 0 Å². The second-order valence-corrected chi connectivity index (χ2v) is 1.39. The maximum Gasteiger partial charge on any atom is 0.262 e. The van der Waals surface area contributed by atoms with Crippen molar-refractivity contribution in [1.29, 1.82) is 0 Å². The smallest absolute Gasteiger partial charge is 0.262 e. The van der Waals surface area contributed by atoms with E-state index in [0.717, 1.165) is 0 Å². The third-order valence-corrected chi connectivity index (χ3v) is 0.733. The summed E-state index contributed by atoms with van der Waals surface area (Å²) in [4.78, 5) is 13.9. The largest absolute Gasteiger partial charge is 0.442 e. The van der Waals surface area contributed by atoms with E-state index in [1.165, 1.54) is 19.4 Å². The minimum atomic E-state index is -0.144. The molecule has 0 N–H and O–H groups in total. The third-order valence-electron chi connectivity index (χ3n) is 0.733. The fraction of sp³-hybridized carbons (Fsp3) is 0.429. The Labute approximate surface area is 60.1 Å². The lowest BCUT2D eigenvalue weighted by Crippen LogP contribution is -1.89. The Bertz CT molecular complexity index is 179. The zero-order valence-electron chi connectivity index (χ0n) is 6.42. The van der Waals surface area contributed by atoms with E-state index in [-0.39, 0.29) is 11.7 Å². The average molecular weight is 141 g/mol. The molecule has 0 fully saturated rings. The number of hydrogen-bond donors (Lipinski definition) is 0. The Balaban J connectivity index is 0.000000371. The predicted octanol–water partition coefficient (Wildman–Crippen LogP) is 1.90. The Kier molecular flexibility index (Phi) is 4.20. The maximum absolute atomic E-state index is 10.4. The van der Waals surface area contributed by atoms with Gasteiger partial charge in [-0.05, 0) is 0 Å². The van der Waals surface area contributed by atoms with Crippen molar-refractivity contribution in [1.82, 2.24) is 4.98 Å². The number of aromatic nitrogens is 1. The van der Waals surface area contributed by atoms with Gasteiger partial charge >= 0.3 is 0 Å².